The number of ether oxygens (including phenoxy) is 1. The van der Waals surface area contributed by atoms with Crippen molar-refractivity contribution in [1.82, 2.24) is 4.98 Å². The first kappa shape index (κ1) is 10.4. The predicted molar refractivity (Wildman–Crippen MR) is 66.0 cm³/mol. The zero-order valence-electron chi connectivity index (χ0n) is 9.72. The Kier molecular flexibility index (Phi) is 2.40. The number of hydrogen-bond acceptors (Lipinski definition) is 5. The molecule has 0 aliphatic carbocycles. The maximum absolute atomic E-state index is 5.71. The van der Waals surface area contributed by atoms with Gasteiger partial charge in [-0.1, -0.05) is 0 Å². The van der Waals surface area contributed by atoms with Crippen LogP contribution in [0.1, 0.15) is 6.42 Å². The number of fused-ring (bicyclic) bond motifs is 1. The molecule has 1 aromatic carbocycles. The summed E-state index contributed by atoms with van der Waals surface area (Å²) in [6, 6.07) is 6.15. The molecule has 90 valence electrons. The third-order valence-corrected chi connectivity index (χ3v) is 3.15. The molecule has 1 atom stereocenters. The van der Waals surface area contributed by atoms with Crippen molar-refractivity contribution in [2.24, 2.45) is 0 Å². The van der Waals surface area contributed by atoms with Crippen molar-refractivity contribution in [1.29, 1.82) is 0 Å². The van der Waals surface area contributed by atoms with Crippen LogP contribution in [-0.2, 0) is 4.74 Å². The smallest absolute Gasteiger partial charge is 0.298 e. The molecule has 0 amide bonds. The largest absolute Gasteiger partial charge is 0.423 e. The molecule has 2 heterocycles. The van der Waals surface area contributed by atoms with Gasteiger partial charge in [-0.25, -0.2) is 0 Å². The maximum Gasteiger partial charge on any atom is 0.298 e. The molecule has 1 saturated heterocycles. The molecule has 1 aliphatic rings. The van der Waals surface area contributed by atoms with Gasteiger partial charge in [0, 0.05) is 25.9 Å². The lowest BCUT2D eigenvalue weighted by atomic mass is 10.3. The van der Waals surface area contributed by atoms with Crippen molar-refractivity contribution in [2.45, 2.75) is 12.5 Å². The summed E-state index contributed by atoms with van der Waals surface area (Å²) in [6.07, 6.45) is 1.28. The summed E-state index contributed by atoms with van der Waals surface area (Å²) in [5.41, 5.74) is 8.00. The molecular formula is C12H15N3O2. The summed E-state index contributed by atoms with van der Waals surface area (Å²) >= 11 is 0. The number of aromatic nitrogens is 1. The van der Waals surface area contributed by atoms with Crippen molar-refractivity contribution in [3.63, 3.8) is 0 Å². The van der Waals surface area contributed by atoms with E-state index in [1.54, 1.807) is 7.11 Å². The van der Waals surface area contributed by atoms with Crippen LogP contribution in [0, 0.1) is 0 Å². The van der Waals surface area contributed by atoms with Crippen LogP contribution < -0.4 is 10.6 Å². The monoisotopic (exact) mass is 233 g/mol. The van der Waals surface area contributed by atoms with Crippen molar-refractivity contribution < 1.29 is 9.15 Å². The Hall–Kier alpha value is -1.75. The van der Waals surface area contributed by atoms with Crippen molar-refractivity contribution in [2.75, 3.05) is 30.8 Å². The summed E-state index contributed by atoms with van der Waals surface area (Å²) in [4.78, 5) is 6.55. The van der Waals surface area contributed by atoms with Gasteiger partial charge in [0.15, 0.2) is 5.58 Å². The number of rotatable bonds is 2. The molecule has 0 radical (unpaired) electrons. The minimum Gasteiger partial charge on any atom is -0.423 e. The molecule has 5 heteroatoms. The molecule has 5 nitrogen and oxygen atoms in total. The van der Waals surface area contributed by atoms with E-state index in [1.165, 1.54) is 0 Å². The molecule has 0 spiro atoms. The maximum atomic E-state index is 5.71. The van der Waals surface area contributed by atoms with Crippen LogP contribution in [0.3, 0.4) is 0 Å². The standard InChI is InChI=1S/C12H15N3O2/c1-16-9-4-5-15(7-9)12-14-10-6-8(13)2-3-11(10)17-12/h2-3,6,9H,4-5,7,13H2,1H3. The first-order chi connectivity index (χ1) is 8.26. The van der Waals surface area contributed by atoms with Gasteiger partial charge in [-0.3, -0.25) is 0 Å². The molecular weight excluding hydrogens is 218 g/mol. The van der Waals surface area contributed by atoms with Crippen LogP contribution in [0.15, 0.2) is 22.6 Å². The highest BCUT2D eigenvalue weighted by atomic mass is 16.5. The highest BCUT2D eigenvalue weighted by Crippen LogP contribution is 2.26. The Morgan fingerprint density at radius 3 is 3.18 bits per heavy atom. The molecule has 2 N–H and O–H groups in total. The first-order valence-electron chi connectivity index (χ1n) is 5.70. The number of hydrogen-bond donors (Lipinski definition) is 1. The Labute approximate surface area is 99.2 Å². The molecule has 17 heavy (non-hydrogen) atoms. The van der Waals surface area contributed by atoms with E-state index in [1.807, 2.05) is 18.2 Å². The number of benzene rings is 1. The molecule has 1 fully saturated rings. The van der Waals surface area contributed by atoms with Crippen LogP contribution >= 0.6 is 0 Å². The number of methoxy groups -OCH3 is 1. The van der Waals surface area contributed by atoms with E-state index in [0.29, 0.717) is 11.7 Å². The molecule has 1 aliphatic heterocycles. The van der Waals surface area contributed by atoms with Crippen molar-refractivity contribution in [3.05, 3.63) is 18.2 Å². The van der Waals surface area contributed by atoms with Gasteiger partial charge in [0.2, 0.25) is 0 Å². The SMILES string of the molecule is COC1CCN(c2nc3cc(N)ccc3o2)C1. The van der Waals surface area contributed by atoms with Gasteiger partial charge >= 0.3 is 0 Å². The van der Waals surface area contributed by atoms with Gasteiger partial charge in [-0.2, -0.15) is 4.98 Å². The van der Waals surface area contributed by atoms with E-state index in [2.05, 4.69) is 9.88 Å². The number of anilines is 2. The normalized spacial score (nSPS) is 20.3. The second-order valence-corrected chi connectivity index (χ2v) is 4.32. The van der Waals surface area contributed by atoms with Crippen molar-refractivity contribution >= 4 is 22.8 Å². The minimum atomic E-state index is 0.273. The van der Waals surface area contributed by atoms with Crippen LogP contribution in [0.5, 0.6) is 0 Å². The van der Waals surface area contributed by atoms with Gasteiger partial charge < -0.3 is 19.8 Å². The predicted octanol–water partition coefficient (Wildman–Crippen LogP) is 1.64. The Morgan fingerprint density at radius 2 is 2.41 bits per heavy atom. The average molecular weight is 233 g/mol. The van der Waals surface area contributed by atoms with Gasteiger partial charge in [0.25, 0.3) is 6.01 Å². The lowest BCUT2D eigenvalue weighted by Crippen LogP contribution is -2.22. The van der Waals surface area contributed by atoms with Crippen LogP contribution in [0.25, 0.3) is 11.1 Å². The lowest BCUT2D eigenvalue weighted by Gasteiger charge is -2.12. The summed E-state index contributed by atoms with van der Waals surface area (Å²) < 4.78 is 11.0. The van der Waals surface area contributed by atoms with E-state index in [4.69, 9.17) is 14.9 Å². The van der Waals surface area contributed by atoms with E-state index in [0.717, 1.165) is 30.6 Å². The Morgan fingerprint density at radius 1 is 1.53 bits per heavy atom. The number of oxazole rings is 1. The van der Waals surface area contributed by atoms with E-state index >= 15 is 0 Å². The van der Waals surface area contributed by atoms with E-state index in [-0.39, 0.29) is 6.10 Å². The van der Waals surface area contributed by atoms with E-state index in [9.17, 15) is 0 Å². The van der Waals surface area contributed by atoms with Crippen molar-refractivity contribution in [3.8, 4) is 0 Å². The Balaban J connectivity index is 1.91. The fourth-order valence-electron chi connectivity index (χ4n) is 2.16. The van der Waals surface area contributed by atoms with Gasteiger partial charge in [0.1, 0.15) is 5.52 Å². The highest BCUT2D eigenvalue weighted by molar-refractivity contribution is 5.78. The van der Waals surface area contributed by atoms with Gasteiger partial charge in [0.05, 0.1) is 6.10 Å². The molecule has 1 aromatic heterocycles. The minimum absolute atomic E-state index is 0.273. The zero-order chi connectivity index (χ0) is 11.8. The summed E-state index contributed by atoms with van der Waals surface area (Å²) in [6.45, 7) is 1.75. The average Bonchev–Trinajstić information content (AvgIpc) is 2.93. The summed E-state index contributed by atoms with van der Waals surface area (Å²) in [5.74, 6) is 0. The third kappa shape index (κ3) is 1.82. The van der Waals surface area contributed by atoms with Crippen LogP contribution in [0.2, 0.25) is 0 Å². The lowest BCUT2D eigenvalue weighted by molar-refractivity contribution is 0.121. The quantitative estimate of drug-likeness (QED) is 0.799. The molecule has 3 rings (SSSR count). The summed E-state index contributed by atoms with van der Waals surface area (Å²) in [7, 11) is 1.74. The highest BCUT2D eigenvalue weighted by Gasteiger charge is 2.25. The number of nitrogens with two attached hydrogens (primary N) is 1. The second-order valence-electron chi connectivity index (χ2n) is 4.32. The van der Waals surface area contributed by atoms with E-state index < -0.39 is 0 Å². The molecule has 2 aromatic rings. The second kappa shape index (κ2) is 3.92. The number of nitrogen functional groups attached to an aromatic ring is 1. The summed E-state index contributed by atoms with van der Waals surface area (Å²) in [5, 5.41) is 0. The fraction of sp³-hybridized carbons (Fsp3) is 0.417. The number of nitrogens with zero attached hydrogens (tertiary/aromatic N) is 2. The third-order valence-electron chi connectivity index (χ3n) is 3.15. The van der Waals surface area contributed by atoms with Gasteiger partial charge in [-0.05, 0) is 24.6 Å². The Bertz CT molecular complexity index is 538. The molecule has 1 unspecified atom stereocenters. The fourth-order valence-corrected chi connectivity index (χ4v) is 2.16. The topological polar surface area (TPSA) is 64.5 Å². The molecule has 0 bridgehead atoms. The van der Waals surface area contributed by atoms with Crippen LogP contribution in [-0.4, -0.2) is 31.3 Å². The zero-order valence-corrected chi connectivity index (χ0v) is 9.72. The van der Waals surface area contributed by atoms with Crippen LogP contribution in [0.4, 0.5) is 11.7 Å². The van der Waals surface area contributed by atoms with Gasteiger partial charge in [-0.15, -0.1) is 0 Å². The first-order valence-corrected chi connectivity index (χ1v) is 5.70. The molecule has 0 saturated carbocycles.